The van der Waals surface area contributed by atoms with Crippen LogP contribution in [0.4, 0.5) is 5.69 Å². The Morgan fingerprint density at radius 2 is 1.70 bits per heavy atom. The third-order valence-corrected chi connectivity index (χ3v) is 5.85. The lowest BCUT2D eigenvalue weighted by atomic mass is 10.2. The summed E-state index contributed by atoms with van der Waals surface area (Å²) in [7, 11) is -3.89. The van der Waals surface area contributed by atoms with Gasteiger partial charge in [0, 0.05) is 5.71 Å². The predicted octanol–water partition coefficient (Wildman–Crippen LogP) is 3.48. The molecule has 0 radical (unpaired) electrons. The molecule has 7 heteroatoms. The molecule has 0 unspecified atom stereocenters. The summed E-state index contributed by atoms with van der Waals surface area (Å²) in [5, 5.41) is 4.08. The number of hydrogen-bond donors (Lipinski definition) is 1. The number of nitrogens with one attached hydrogen (secondary N) is 1. The summed E-state index contributed by atoms with van der Waals surface area (Å²) in [6.07, 6.45) is 1.45. The maximum Gasteiger partial charge on any atom is 0.264 e. The number of sulfonamides is 1. The molecule has 2 rings (SSSR count). The number of hydrogen-bond acceptors (Lipinski definition) is 4. The molecular formula is C20H25N3O3S. The molecule has 0 aliphatic carbocycles. The summed E-state index contributed by atoms with van der Waals surface area (Å²) in [4.78, 5) is 12.5. The number of carbonyl (C=O) groups is 1. The van der Waals surface area contributed by atoms with E-state index in [0.717, 1.165) is 28.4 Å². The Labute approximate surface area is 161 Å². The van der Waals surface area contributed by atoms with E-state index in [1.54, 1.807) is 36.4 Å². The Morgan fingerprint density at radius 1 is 1.04 bits per heavy atom. The number of anilines is 1. The molecule has 2 aromatic carbocycles. The van der Waals surface area contributed by atoms with Crippen molar-refractivity contribution in [1.82, 2.24) is 5.43 Å². The number of benzene rings is 2. The van der Waals surface area contributed by atoms with Gasteiger partial charge in [-0.25, -0.2) is 13.8 Å². The van der Waals surface area contributed by atoms with Crippen molar-refractivity contribution in [3.05, 3.63) is 60.2 Å². The van der Waals surface area contributed by atoms with Crippen LogP contribution >= 0.6 is 0 Å². The number of hydrazone groups is 1. The van der Waals surface area contributed by atoms with Crippen LogP contribution in [0.25, 0.3) is 0 Å². The van der Waals surface area contributed by atoms with Crippen molar-refractivity contribution in [2.45, 2.75) is 38.5 Å². The monoisotopic (exact) mass is 387 g/mol. The van der Waals surface area contributed by atoms with E-state index in [9.17, 15) is 13.2 Å². The van der Waals surface area contributed by atoms with Crippen LogP contribution in [0, 0.1) is 6.92 Å². The van der Waals surface area contributed by atoms with Gasteiger partial charge in [-0.3, -0.25) is 9.10 Å². The fourth-order valence-corrected chi connectivity index (χ4v) is 3.97. The fourth-order valence-electron chi connectivity index (χ4n) is 2.53. The number of aryl methyl sites for hydroxylation is 1. The molecule has 0 spiro atoms. The van der Waals surface area contributed by atoms with Gasteiger partial charge in [0.1, 0.15) is 6.54 Å². The molecule has 2 aromatic rings. The lowest BCUT2D eigenvalue weighted by molar-refractivity contribution is -0.119. The van der Waals surface area contributed by atoms with Crippen molar-refractivity contribution in [3.63, 3.8) is 0 Å². The van der Waals surface area contributed by atoms with Crippen LogP contribution < -0.4 is 9.73 Å². The van der Waals surface area contributed by atoms with Crippen LogP contribution in [0.1, 0.15) is 32.3 Å². The average Bonchev–Trinajstić information content (AvgIpc) is 2.67. The molecule has 0 aromatic heterocycles. The highest BCUT2D eigenvalue weighted by Gasteiger charge is 2.27. The van der Waals surface area contributed by atoms with E-state index >= 15 is 0 Å². The molecule has 0 fully saturated rings. The van der Waals surface area contributed by atoms with Gasteiger partial charge < -0.3 is 0 Å². The molecule has 1 N–H and O–H groups in total. The SMILES string of the molecule is CCC(CC)=NNC(=O)CN(c1cccc(C)c1)S(=O)(=O)c1ccccc1. The van der Waals surface area contributed by atoms with Gasteiger partial charge in [0.2, 0.25) is 0 Å². The molecule has 27 heavy (non-hydrogen) atoms. The van der Waals surface area contributed by atoms with E-state index < -0.39 is 15.9 Å². The first-order valence-electron chi connectivity index (χ1n) is 8.87. The van der Waals surface area contributed by atoms with Crippen LogP contribution in [0.3, 0.4) is 0 Å². The molecule has 0 aliphatic rings. The van der Waals surface area contributed by atoms with Crippen molar-refractivity contribution in [3.8, 4) is 0 Å². The van der Waals surface area contributed by atoms with E-state index in [2.05, 4.69) is 10.5 Å². The van der Waals surface area contributed by atoms with Gasteiger partial charge in [0.25, 0.3) is 15.9 Å². The molecule has 1 amide bonds. The minimum atomic E-state index is -3.89. The Morgan fingerprint density at radius 3 is 2.30 bits per heavy atom. The third kappa shape index (κ3) is 5.40. The van der Waals surface area contributed by atoms with Crippen molar-refractivity contribution in [2.24, 2.45) is 5.10 Å². The van der Waals surface area contributed by atoms with Gasteiger partial charge in [-0.1, -0.05) is 44.2 Å². The molecule has 0 saturated heterocycles. The highest BCUT2D eigenvalue weighted by atomic mass is 32.2. The first kappa shape index (κ1) is 20.6. The van der Waals surface area contributed by atoms with Crippen molar-refractivity contribution in [2.75, 3.05) is 10.8 Å². The molecule has 0 saturated carbocycles. The number of amides is 1. The summed E-state index contributed by atoms with van der Waals surface area (Å²) < 4.78 is 27.4. The Balaban J connectivity index is 2.37. The average molecular weight is 388 g/mol. The van der Waals surface area contributed by atoms with Gasteiger partial charge in [-0.2, -0.15) is 5.10 Å². The Bertz CT molecular complexity index is 903. The molecular weight excluding hydrogens is 362 g/mol. The zero-order chi connectivity index (χ0) is 19.9. The zero-order valence-electron chi connectivity index (χ0n) is 15.8. The van der Waals surface area contributed by atoms with Gasteiger partial charge in [-0.05, 0) is 49.6 Å². The van der Waals surface area contributed by atoms with Crippen LogP contribution in [0.15, 0.2) is 64.6 Å². The first-order valence-corrected chi connectivity index (χ1v) is 10.3. The standard InChI is InChI=1S/C20H25N3O3S/c1-4-17(5-2)21-22-20(24)15-23(18-11-9-10-16(3)14-18)27(25,26)19-12-7-6-8-13-19/h6-14H,4-5,15H2,1-3H3,(H,22,24). The van der Waals surface area contributed by atoms with E-state index in [1.807, 2.05) is 26.8 Å². The zero-order valence-corrected chi connectivity index (χ0v) is 16.7. The second-order valence-electron chi connectivity index (χ2n) is 6.08. The van der Waals surface area contributed by atoms with Crippen LogP contribution in [0.5, 0.6) is 0 Å². The molecule has 0 aliphatic heterocycles. The minimum Gasteiger partial charge on any atom is -0.271 e. The highest BCUT2D eigenvalue weighted by molar-refractivity contribution is 7.92. The minimum absolute atomic E-state index is 0.130. The van der Waals surface area contributed by atoms with E-state index in [1.165, 1.54) is 12.1 Å². The summed E-state index contributed by atoms with van der Waals surface area (Å²) in [5.41, 5.74) is 4.65. The summed E-state index contributed by atoms with van der Waals surface area (Å²) in [5.74, 6) is -0.490. The smallest absolute Gasteiger partial charge is 0.264 e. The topological polar surface area (TPSA) is 78.8 Å². The number of rotatable bonds is 8. The van der Waals surface area contributed by atoms with Gasteiger partial charge in [-0.15, -0.1) is 0 Å². The third-order valence-electron chi connectivity index (χ3n) is 4.06. The largest absolute Gasteiger partial charge is 0.271 e. The molecule has 6 nitrogen and oxygen atoms in total. The second kappa shape index (κ2) is 9.32. The molecule has 0 atom stereocenters. The molecule has 144 valence electrons. The Kier molecular flexibility index (Phi) is 7.12. The first-order chi connectivity index (χ1) is 12.9. The van der Waals surface area contributed by atoms with Crippen molar-refractivity contribution >= 4 is 27.3 Å². The summed E-state index contributed by atoms with van der Waals surface area (Å²) >= 11 is 0. The van der Waals surface area contributed by atoms with Gasteiger partial charge in [0.15, 0.2) is 0 Å². The highest BCUT2D eigenvalue weighted by Crippen LogP contribution is 2.24. The molecule has 0 heterocycles. The summed E-state index contributed by atoms with van der Waals surface area (Å²) in [6, 6.07) is 15.1. The van der Waals surface area contributed by atoms with E-state index in [4.69, 9.17) is 0 Å². The fraction of sp³-hybridized carbons (Fsp3) is 0.300. The lowest BCUT2D eigenvalue weighted by Gasteiger charge is -2.24. The predicted molar refractivity (Wildman–Crippen MR) is 108 cm³/mol. The number of nitrogens with zero attached hydrogens (tertiary/aromatic N) is 2. The Hall–Kier alpha value is -2.67. The van der Waals surface area contributed by atoms with Gasteiger partial charge in [0.05, 0.1) is 10.6 Å². The second-order valence-corrected chi connectivity index (χ2v) is 7.95. The quantitative estimate of drug-likeness (QED) is 0.556. The van der Waals surface area contributed by atoms with Crippen LogP contribution in [-0.4, -0.2) is 26.6 Å². The van der Waals surface area contributed by atoms with E-state index in [-0.39, 0.29) is 11.4 Å². The van der Waals surface area contributed by atoms with E-state index in [0.29, 0.717) is 5.69 Å². The molecule has 0 bridgehead atoms. The van der Waals surface area contributed by atoms with Crippen molar-refractivity contribution < 1.29 is 13.2 Å². The lowest BCUT2D eigenvalue weighted by Crippen LogP contribution is -2.39. The number of carbonyl (C=O) groups excluding carboxylic acids is 1. The normalized spacial score (nSPS) is 10.9. The van der Waals surface area contributed by atoms with Crippen molar-refractivity contribution in [1.29, 1.82) is 0 Å². The van der Waals surface area contributed by atoms with Gasteiger partial charge >= 0.3 is 0 Å². The van der Waals surface area contributed by atoms with Crippen LogP contribution in [-0.2, 0) is 14.8 Å². The summed E-state index contributed by atoms with van der Waals surface area (Å²) in [6.45, 7) is 5.42. The maximum absolute atomic E-state index is 13.1. The van der Waals surface area contributed by atoms with Crippen LogP contribution in [0.2, 0.25) is 0 Å². The maximum atomic E-state index is 13.1.